The van der Waals surface area contributed by atoms with Gasteiger partial charge in [0.15, 0.2) is 5.76 Å². The quantitative estimate of drug-likeness (QED) is 0.634. The standard InChI is InChI=1S/C24H27N3O4/c1-30-20-8-6-17(7-9-20)15-25-24(29)26-16-18-10-12-27(13-11-18)23(28)22-14-19-4-2-3-5-21(19)31-22/h2-9,14,18H,10-13,15-16H2,1H3,(H2,25,26,29). The van der Waals surface area contributed by atoms with E-state index in [4.69, 9.17) is 9.15 Å². The molecule has 1 aromatic heterocycles. The molecule has 2 heterocycles. The van der Waals surface area contributed by atoms with E-state index < -0.39 is 0 Å². The van der Waals surface area contributed by atoms with Crippen LogP contribution in [0.5, 0.6) is 5.75 Å². The number of hydrogen-bond acceptors (Lipinski definition) is 4. The number of nitrogens with zero attached hydrogens (tertiary/aromatic N) is 1. The summed E-state index contributed by atoms with van der Waals surface area (Å²) in [4.78, 5) is 26.7. The number of furan rings is 1. The van der Waals surface area contributed by atoms with Crippen LogP contribution in [0, 0.1) is 5.92 Å². The summed E-state index contributed by atoms with van der Waals surface area (Å²) >= 11 is 0. The summed E-state index contributed by atoms with van der Waals surface area (Å²) in [5.41, 5.74) is 1.74. The van der Waals surface area contributed by atoms with E-state index >= 15 is 0 Å². The van der Waals surface area contributed by atoms with Gasteiger partial charge in [0.05, 0.1) is 7.11 Å². The number of fused-ring (bicyclic) bond motifs is 1. The van der Waals surface area contributed by atoms with E-state index in [1.807, 2.05) is 53.4 Å². The number of rotatable bonds is 6. The number of methoxy groups -OCH3 is 1. The fourth-order valence-electron chi connectivity index (χ4n) is 3.81. The van der Waals surface area contributed by atoms with Crippen LogP contribution in [0.3, 0.4) is 0 Å². The molecule has 1 fully saturated rings. The number of para-hydroxylation sites is 1. The number of carbonyl (C=O) groups excluding carboxylic acids is 2. The highest BCUT2D eigenvalue weighted by atomic mass is 16.5. The van der Waals surface area contributed by atoms with Crippen LogP contribution in [0.25, 0.3) is 11.0 Å². The number of likely N-dealkylation sites (tertiary alicyclic amines) is 1. The number of piperidine rings is 1. The molecule has 1 aliphatic rings. The Balaban J connectivity index is 1.19. The summed E-state index contributed by atoms with van der Waals surface area (Å²) in [5, 5.41) is 6.75. The van der Waals surface area contributed by atoms with Gasteiger partial charge in [0.1, 0.15) is 11.3 Å². The number of carbonyl (C=O) groups is 2. The molecule has 3 aromatic rings. The first-order valence-corrected chi connectivity index (χ1v) is 10.5. The molecule has 7 heteroatoms. The molecule has 0 bridgehead atoms. The third-order valence-electron chi connectivity index (χ3n) is 5.70. The van der Waals surface area contributed by atoms with E-state index in [2.05, 4.69) is 10.6 Å². The summed E-state index contributed by atoms with van der Waals surface area (Å²) in [6.07, 6.45) is 1.70. The largest absolute Gasteiger partial charge is 0.497 e. The van der Waals surface area contributed by atoms with Gasteiger partial charge in [-0.3, -0.25) is 4.79 Å². The van der Waals surface area contributed by atoms with Crippen LogP contribution in [-0.4, -0.2) is 43.6 Å². The number of hydrogen-bond donors (Lipinski definition) is 2. The number of amides is 3. The maximum Gasteiger partial charge on any atom is 0.315 e. The van der Waals surface area contributed by atoms with Crippen LogP contribution in [0.1, 0.15) is 29.0 Å². The van der Waals surface area contributed by atoms with Gasteiger partial charge in [-0.05, 0) is 48.6 Å². The minimum atomic E-state index is -0.184. The Morgan fingerprint density at radius 3 is 2.52 bits per heavy atom. The highest BCUT2D eigenvalue weighted by molar-refractivity contribution is 5.96. The van der Waals surface area contributed by atoms with Gasteiger partial charge in [-0.2, -0.15) is 0 Å². The zero-order valence-electron chi connectivity index (χ0n) is 17.6. The Bertz CT molecular complexity index is 1000. The lowest BCUT2D eigenvalue weighted by molar-refractivity contribution is 0.0661. The van der Waals surface area contributed by atoms with E-state index in [1.54, 1.807) is 13.2 Å². The maximum absolute atomic E-state index is 12.7. The lowest BCUT2D eigenvalue weighted by atomic mass is 9.96. The highest BCUT2D eigenvalue weighted by Gasteiger charge is 2.25. The second-order valence-corrected chi connectivity index (χ2v) is 7.80. The number of ether oxygens (including phenoxy) is 1. The summed E-state index contributed by atoms with van der Waals surface area (Å²) in [5.74, 6) is 1.46. The van der Waals surface area contributed by atoms with Gasteiger partial charge in [0.2, 0.25) is 0 Å². The Morgan fingerprint density at radius 1 is 1.06 bits per heavy atom. The Hall–Kier alpha value is -3.48. The molecule has 2 N–H and O–H groups in total. The molecule has 0 unspecified atom stereocenters. The normalized spacial score (nSPS) is 14.4. The lowest BCUT2D eigenvalue weighted by Crippen LogP contribution is -2.43. The smallest absolute Gasteiger partial charge is 0.315 e. The molecule has 0 radical (unpaired) electrons. The first-order chi connectivity index (χ1) is 15.1. The second-order valence-electron chi connectivity index (χ2n) is 7.80. The van der Waals surface area contributed by atoms with E-state index in [1.165, 1.54) is 0 Å². The van der Waals surface area contributed by atoms with Crippen molar-refractivity contribution >= 4 is 22.9 Å². The third-order valence-corrected chi connectivity index (χ3v) is 5.70. The fraction of sp³-hybridized carbons (Fsp3) is 0.333. The maximum atomic E-state index is 12.7. The summed E-state index contributed by atoms with van der Waals surface area (Å²) in [7, 11) is 1.62. The topological polar surface area (TPSA) is 83.8 Å². The first-order valence-electron chi connectivity index (χ1n) is 10.5. The molecule has 4 rings (SSSR count). The predicted octanol–water partition coefficient (Wildman–Crippen LogP) is 3.79. The van der Waals surface area contributed by atoms with Crippen molar-refractivity contribution in [1.82, 2.24) is 15.5 Å². The third kappa shape index (κ3) is 5.17. The minimum absolute atomic E-state index is 0.0696. The molecule has 0 saturated carbocycles. The van der Waals surface area contributed by atoms with E-state index in [9.17, 15) is 9.59 Å². The molecule has 0 aliphatic carbocycles. The Morgan fingerprint density at radius 2 is 1.81 bits per heavy atom. The Kier molecular flexibility index (Phi) is 6.40. The monoisotopic (exact) mass is 421 g/mol. The summed E-state index contributed by atoms with van der Waals surface area (Å²) in [6, 6.07) is 16.8. The number of benzene rings is 2. The zero-order valence-corrected chi connectivity index (χ0v) is 17.6. The van der Waals surface area contributed by atoms with Crippen LogP contribution in [0.2, 0.25) is 0 Å². The van der Waals surface area contributed by atoms with E-state index in [-0.39, 0.29) is 11.9 Å². The van der Waals surface area contributed by atoms with Gasteiger partial charge in [0.25, 0.3) is 5.91 Å². The number of nitrogens with one attached hydrogen (secondary N) is 2. The lowest BCUT2D eigenvalue weighted by Gasteiger charge is -2.31. The summed E-state index contributed by atoms with van der Waals surface area (Å²) in [6.45, 7) is 2.38. The van der Waals surface area contributed by atoms with Gasteiger partial charge in [-0.1, -0.05) is 30.3 Å². The molecule has 7 nitrogen and oxygen atoms in total. The molecule has 2 aromatic carbocycles. The van der Waals surface area contributed by atoms with Crippen LogP contribution in [-0.2, 0) is 6.54 Å². The summed E-state index contributed by atoms with van der Waals surface area (Å²) < 4.78 is 10.8. The average Bonchev–Trinajstić information content (AvgIpc) is 3.26. The van der Waals surface area contributed by atoms with Crippen molar-refractivity contribution < 1.29 is 18.7 Å². The van der Waals surface area contributed by atoms with Crippen LogP contribution < -0.4 is 15.4 Å². The Labute approximate surface area is 181 Å². The van der Waals surface area contributed by atoms with Crippen molar-refractivity contribution in [2.24, 2.45) is 5.92 Å². The molecule has 1 saturated heterocycles. The van der Waals surface area contributed by atoms with Crippen molar-refractivity contribution in [3.63, 3.8) is 0 Å². The van der Waals surface area contributed by atoms with E-state index in [0.29, 0.717) is 37.9 Å². The van der Waals surface area contributed by atoms with Gasteiger partial charge in [0, 0.05) is 31.6 Å². The average molecular weight is 421 g/mol. The minimum Gasteiger partial charge on any atom is -0.497 e. The molecule has 31 heavy (non-hydrogen) atoms. The van der Waals surface area contributed by atoms with Crippen molar-refractivity contribution in [2.45, 2.75) is 19.4 Å². The van der Waals surface area contributed by atoms with Gasteiger partial charge < -0.3 is 24.7 Å². The fourth-order valence-corrected chi connectivity index (χ4v) is 3.81. The molecule has 0 spiro atoms. The molecule has 1 aliphatic heterocycles. The highest BCUT2D eigenvalue weighted by Crippen LogP contribution is 2.23. The van der Waals surface area contributed by atoms with Gasteiger partial charge in [-0.25, -0.2) is 4.79 Å². The molecule has 0 atom stereocenters. The van der Waals surface area contributed by atoms with Crippen LogP contribution in [0.4, 0.5) is 4.79 Å². The van der Waals surface area contributed by atoms with Gasteiger partial charge >= 0.3 is 6.03 Å². The van der Waals surface area contributed by atoms with Gasteiger partial charge in [-0.15, -0.1) is 0 Å². The SMILES string of the molecule is COc1ccc(CNC(=O)NCC2CCN(C(=O)c3cc4ccccc4o3)CC2)cc1. The zero-order chi connectivity index (χ0) is 21.6. The van der Waals surface area contributed by atoms with Crippen molar-refractivity contribution in [3.05, 3.63) is 65.9 Å². The van der Waals surface area contributed by atoms with Crippen LogP contribution in [0.15, 0.2) is 59.0 Å². The van der Waals surface area contributed by atoms with E-state index in [0.717, 1.165) is 35.1 Å². The molecule has 3 amide bonds. The van der Waals surface area contributed by atoms with Crippen LogP contribution >= 0.6 is 0 Å². The predicted molar refractivity (Wildman–Crippen MR) is 118 cm³/mol. The second kappa shape index (κ2) is 9.55. The molecule has 162 valence electrons. The molecular weight excluding hydrogens is 394 g/mol. The van der Waals surface area contributed by atoms with Crippen molar-refractivity contribution in [3.8, 4) is 5.75 Å². The van der Waals surface area contributed by atoms with Crippen molar-refractivity contribution in [2.75, 3.05) is 26.7 Å². The molecular formula is C24H27N3O4. The van der Waals surface area contributed by atoms with Crippen molar-refractivity contribution in [1.29, 1.82) is 0 Å². The first kappa shape index (κ1) is 20.8. The number of urea groups is 1.